The minimum Gasteiger partial charge on any atom is -0.377 e. The van der Waals surface area contributed by atoms with E-state index in [1.807, 2.05) is 6.92 Å². The van der Waals surface area contributed by atoms with Gasteiger partial charge in [0, 0.05) is 16.8 Å². The average molecular weight is 377 g/mol. The Labute approximate surface area is 132 Å². The number of benzene rings is 1. The Balaban J connectivity index is 2.13. The summed E-state index contributed by atoms with van der Waals surface area (Å²) in [4.78, 5) is 12.2. The molecule has 6 nitrogen and oxygen atoms in total. The topological polar surface area (TPSA) is 98.5 Å². The number of nitrogens with two attached hydrogens (primary N) is 1. The second-order valence-corrected chi connectivity index (χ2v) is 7.28. The fraction of sp³-hybridized carbons (Fsp3) is 0.462. The molecule has 1 aliphatic heterocycles. The number of anilines is 1. The Morgan fingerprint density at radius 2 is 2.24 bits per heavy atom. The molecule has 21 heavy (non-hydrogen) atoms. The Bertz CT molecular complexity index is 648. The molecule has 0 bridgehead atoms. The maximum atomic E-state index is 12.2. The van der Waals surface area contributed by atoms with Crippen molar-refractivity contribution in [2.45, 2.75) is 30.8 Å². The van der Waals surface area contributed by atoms with Crippen LogP contribution in [0.2, 0.25) is 0 Å². The molecular formula is C13H17BrN2O4S. The molecule has 116 valence electrons. The van der Waals surface area contributed by atoms with Crippen LogP contribution in [0.5, 0.6) is 0 Å². The molecule has 0 saturated carbocycles. The number of amides is 1. The van der Waals surface area contributed by atoms with Gasteiger partial charge in [-0.05, 0) is 47.0 Å². The van der Waals surface area contributed by atoms with Gasteiger partial charge in [-0.3, -0.25) is 4.79 Å². The third kappa shape index (κ3) is 3.82. The van der Waals surface area contributed by atoms with E-state index in [1.165, 1.54) is 18.2 Å². The van der Waals surface area contributed by atoms with Crippen LogP contribution in [0.3, 0.4) is 0 Å². The van der Waals surface area contributed by atoms with Crippen molar-refractivity contribution < 1.29 is 17.9 Å². The van der Waals surface area contributed by atoms with Crippen molar-refractivity contribution in [3.63, 3.8) is 0 Å². The molecule has 2 rings (SSSR count). The highest BCUT2D eigenvalue weighted by molar-refractivity contribution is 9.10. The van der Waals surface area contributed by atoms with Gasteiger partial charge in [0.15, 0.2) is 0 Å². The van der Waals surface area contributed by atoms with Crippen molar-refractivity contribution in [3.8, 4) is 0 Å². The lowest BCUT2D eigenvalue weighted by molar-refractivity contribution is -0.121. The molecule has 1 aromatic rings. The van der Waals surface area contributed by atoms with Crippen molar-refractivity contribution in [2.24, 2.45) is 11.1 Å². The van der Waals surface area contributed by atoms with E-state index in [0.717, 1.165) is 6.42 Å². The van der Waals surface area contributed by atoms with E-state index in [0.29, 0.717) is 23.2 Å². The van der Waals surface area contributed by atoms with E-state index in [4.69, 9.17) is 9.88 Å². The van der Waals surface area contributed by atoms with Crippen LogP contribution in [0, 0.1) is 5.92 Å². The van der Waals surface area contributed by atoms with E-state index < -0.39 is 10.0 Å². The zero-order chi connectivity index (χ0) is 15.6. The number of primary sulfonamides is 1. The Kier molecular flexibility index (Phi) is 5.03. The second kappa shape index (κ2) is 6.43. The van der Waals surface area contributed by atoms with Crippen molar-refractivity contribution in [1.82, 2.24) is 0 Å². The van der Waals surface area contributed by atoms with Crippen LogP contribution in [0.1, 0.15) is 19.8 Å². The molecule has 1 amide bonds. The number of hydrogen-bond donors (Lipinski definition) is 2. The fourth-order valence-electron chi connectivity index (χ4n) is 2.40. The van der Waals surface area contributed by atoms with Gasteiger partial charge in [-0.1, -0.05) is 6.92 Å². The Morgan fingerprint density at radius 1 is 1.52 bits per heavy atom. The molecule has 1 heterocycles. The number of nitrogens with one attached hydrogen (secondary N) is 1. The van der Waals surface area contributed by atoms with Gasteiger partial charge >= 0.3 is 0 Å². The number of carbonyl (C=O) groups is 1. The van der Waals surface area contributed by atoms with Gasteiger partial charge in [-0.2, -0.15) is 0 Å². The standard InChI is InChI=1S/C13H17BrN2O4S/c1-2-11-9(5-6-20-11)13(17)16-8-3-4-12(10(14)7-8)21(15,18)19/h3-4,7,9,11H,2,5-6H2,1H3,(H,16,17)(H2,15,18,19). The summed E-state index contributed by atoms with van der Waals surface area (Å²) in [5, 5.41) is 7.87. The second-order valence-electron chi connectivity index (χ2n) is 4.89. The highest BCUT2D eigenvalue weighted by Gasteiger charge is 2.32. The first-order valence-corrected chi connectivity index (χ1v) is 8.91. The van der Waals surface area contributed by atoms with E-state index in [2.05, 4.69) is 21.2 Å². The summed E-state index contributed by atoms with van der Waals surface area (Å²) < 4.78 is 28.5. The number of halogens is 1. The number of ether oxygens (including phenoxy) is 1. The summed E-state index contributed by atoms with van der Waals surface area (Å²) in [6, 6.07) is 4.39. The molecular weight excluding hydrogens is 360 g/mol. The number of hydrogen-bond acceptors (Lipinski definition) is 4. The van der Waals surface area contributed by atoms with Gasteiger partial charge in [0.05, 0.1) is 16.9 Å². The Hall–Kier alpha value is -0.960. The Morgan fingerprint density at radius 3 is 2.81 bits per heavy atom. The fourth-order valence-corrected chi connectivity index (χ4v) is 4.04. The quantitative estimate of drug-likeness (QED) is 0.837. The lowest BCUT2D eigenvalue weighted by Gasteiger charge is -2.16. The van der Waals surface area contributed by atoms with E-state index in [1.54, 1.807) is 0 Å². The smallest absolute Gasteiger partial charge is 0.239 e. The summed E-state index contributed by atoms with van der Waals surface area (Å²) >= 11 is 3.15. The first kappa shape index (κ1) is 16.4. The van der Waals surface area contributed by atoms with E-state index in [-0.39, 0.29) is 22.8 Å². The molecule has 3 N–H and O–H groups in total. The molecule has 2 unspecified atom stereocenters. The molecule has 0 aromatic heterocycles. The minimum atomic E-state index is -3.79. The maximum Gasteiger partial charge on any atom is 0.239 e. The van der Waals surface area contributed by atoms with E-state index in [9.17, 15) is 13.2 Å². The van der Waals surface area contributed by atoms with Crippen molar-refractivity contribution in [3.05, 3.63) is 22.7 Å². The zero-order valence-electron chi connectivity index (χ0n) is 11.5. The van der Waals surface area contributed by atoms with Crippen LogP contribution in [0.15, 0.2) is 27.6 Å². The number of carbonyl (C=O) groups excluding carboxylic acids is 1. The largest absolute Gasteiger partial charge is 0.377 e. The first-order chi connectivity index (χ1) is 9.82. The maximum absolute atomic E-state index is 12.2. The minimum absolute atomic E-state index is 0.0175. The molecule has 1 fully saturated rings. The zero-order valence-corrected chi connectivity index (χ0v) is 13.9. The van der Waals surface area contributed by atoms with Gasteiger partial charge in [0.25, 0.3) is 0 Å². The monoisotopic (exact) mass is 376 g/mol. The normalized spacial score (nSPS) is 22.2. The highest BCUT2D eigenvalue weighted by atomic mass is 79.9. The van der Waals surface area contributed by atoms with Crippen molar-refractivity contribution in [1.29, 1.82) is 0 Å². The van der Waals surface area contributed by atoms with Crippen molar-refractivity contribution in [2.75, 3.05) is 11.9 Å². The highest BCUT2D eigenvalue weighted by Crippen LogP contribution is 2.27. The lowest BCUT2D eigenvalue weighted by Crippen LogP contribution is -2.29. The summed E-state index contributed by atoms with van der Waals surface area (Å²) in [6.07, 6.45) is 1.42. The molecule has 0 aliphatic carbocycles. The third-order valence-electron chi connectivity index (χ3n) is 3.45. The molecule has 8 heteroatoms. The molecule has 2 atom stereocenters. The summed E-state index contributed by atoms with van der Waals surface area (Å²) in [5.74, 6) is -0.290. The van der Waals surface area contributed by atoms with Crippen LogP contribution in [-0.4, -0.2) is 27.0 Å². The molecule has 1 aliphatic rings. The van der Waals surface area contributed by atoms with Crippen molar-refractivity contribution >= 4 is 37.5 Å². The van der Waals surface area contributed by atoms with Gasteiger partial charge < -0.3 is 10.1 Å². The van der Waals surface area contributed by atoms with E-state index >= 15 is 0 Å². The van der Waals surface area contributed by atoms with Crippen LogP contribution >= 0.6 is 15.9 Å². The van der Waals surface area contributed by atoms with Crippen LogP contribution in [0.4, 0.5) is 5.69 Å². The summed E-state index contributed by atoms with van der Waals surface area (Å²) in [6.45, 7) is 2.57. The van der Waals surface area contributed by atoms with Gasteiger partial charge in [0.2, 0.25) is 15.9 Å². The van der Waals surface area contributed by atoms with Crippen LogP contribution < -0.4 is 10.5 Å². The number of sulfonamides is 1. The predicted molar refractivity (Wildman–Crippen MR) is 82.3 cm³/mol. The van der Waals surface area contributed by atoms with Crippen LogP contribution in [0.25, 0.3) is 0 Å². The average Bonchev–Trinajstić information content (AvgIpc) is 2.85. The first-order valence-electron chi connectivity index (χ1n) is 6.57. The summed E-state index contributed by atoms with van der Waals surface area (Å²) in [5.41, 5.74) is 0.515. The molecule has 1 aromatic carbocycles. The SMILES string of the molecule is CCC1OCCC1C(=O)Nc1ccc(S(N)(=O)=O)c(Br)c1. The number of rotatable bonds is 4. The van der Waals surface area contributed by atoms with Gasteiger partial charge in [0.1, 0.15) is 0 Å². The van der Waals surface area contributed by atoms with Crippen LogP contribution in [-0.2, 0) is 19.6 Å². The molecule has 1 saturated heterocycles. The lowest BCUT2D eigenvalue weighted by atomic mass is 9.98. The van der Waals surface area contributed by atoms with Gasteiger partial charge in [-0.25, -0.2) is 13.6 Å². The van der Waals surface area contributed by atoms with Gasteiger partial charge in [-0.15, -0.1) is 0 Å². The third-order valence-corrected chi connectivity index (χ3v) is 5.34. The molecule has 0 spiro atoms. The summed E-state index contributed by atoms with van der Waals surface area (Å²) in [7, 11) is -3.79. The predicted octanol–water partition coefficient (Wildman–Crippen LogP) is 1.85. The molecule has 0 radical (unpaired) electrons.